The van der Waals surface area contributed by atoms with Crippen LogP contribution in [0.3, 0.4) is 0 Å². The van der Waals surface area contributed by atoms with Crippen LogP contribution in [0.5, 0.6) is 0 Å². The van der Waals surface area contributed by atoms with Gasteiger partial charge in [0, 0.05) is 35.5 Å². The third-order valence-corrected chi connectivity index (χ3v) is 4.36. The SMILES string of the molecule is CCN(CC)c1ccc(CNc2cc(C)ccc2Br)cc1. The lowest BCUT2D eigenvalue weighted by molar-refractivity contribution is 0.865. The van der Waals surface area contributed by atoms with Crippen LogP contribution in [0.2, 0.25) is 0 Å². The van der Waals surface area contributed by atoms with Gasteiger partial charge in [0.25, 0.3) is 0 Å². The zero-order chi connectivity index (χ0) is 15.2. The van der Waals surface area contributed by atoms with Gasteiger partial charge in [0.15, 0.2) is 0 Å². The normalized spacial score (nSPS) is 10.5. The second kappa shape index (κ2) is 7.51. The Kier molecular flexibility index (Phi) is 5.68. The summed E-state index contributed by atoms with van der Waals surface area (Å²) in [4.78, 5) is 2.36. The van der Waals surface area contributed by atoms with Crippen LogP contribution >= 0.6 is 15.9 Å². The molecule has 0 atom stereocenters. The van der Waals surface area contributed by atoms with Gasteiger partial charge in [0.05, 0.1) is 0 Å². The van der Waals surface area contributed by atoms with E-state index in [2.05, 4.69) is 89.4 Å². The quantitative estimate of drug-likeness (QED) is 0.771. The summed E-state index contributed by atoms with van der Waals surface area (Å²) < 4.78 is 1.10. The minimum Gasteiger partial charge on any atom is -0.380 e. The summed E-state index contributed by atoms with van der Waals surface area (Å²) in [7, 11) is 0. The van der Waals surface area contributed by atoms with E-state index in [1.54, 1.807) is 0 Å². The number of rotatable bonds is 6. The highest BCUT2D eigenvalue weighted by Gasteiger charge is 2.03. The second-order valence-electron chi connectivity index (χ2n) is 5.18. The van der Waals surface area contributed by atoms with Crippen molar-refractivity contribution in [1.29, 1.82) is 0 Å². The highest BCUT2D eigenvalue weighted by molar-refractivity contribution is 9.10. The van der Waals surface area contributed by atoms with Crippen LogP contribution in [0.15, 0.2) is 46.9 Å². The van der Waals surface area contributed by atoms with E-state index in [-0.39, 0.29) is 0 Å². The molecule has 0 saturated heterocycles. The molecule has 0 aromatic heterocycles. The lowest BCUT2D eigenvalue weighted by Crippen LogP contribution is -2.21. The van der Waals surface area contributed by atoms with Crippen LogP contribution in [0.25, 0.3) is 0 Å². The van der Waals surface area contributed by atoms with Crippen molar-refractivity contribution in [3.05, 3.63) is 58.1 Å². The molecule has 3 heteroatoms. The zero-order valence-corrected chi connectivity index (χ0v) is 14.6. The highest BCUT2D eigenvalue weighted by atomic mass is 79.9. The summed E-state index contributed by atoms with van der Waals surface area (Å²) in [6, 6.07) is 15.2. The van der Waals surface area contributed by atoms with Gasteiger partial charge in [-0.2, -0.15) is 0 Å². The Morgan fingerprint density at radius 2 is 1.67 bits per heavy atom. The topological polar surface area (TPSA) is 15.3 Å². The van der Waals surface area contributed by atoms with Crippen molar-refractivity contribution >= 4 is 27.3 Å². The first-order valence-electron chi connectivity index (χ1n) is 7.48. The second-order valence-corrected chi connectivity index (χ2v) is 6.03. The molecule has 0 aliphatic rings. The summed E-state index contributed by atoms with van der Waals surface area (Å²) in [6.45, 7) is 9.41. The molecule has 21 heavy (non-hydrogen) atoms. The summed E-state index contributed by atoms with van der Waals surface area (Å²) in [5, 5.41) is 3.49. The van der Waals surface area contributed by atoms with E-state index < -0.39 is 0 Å². The molecule has 0 aliphatic carbocycles. The van der Waals surface area contributed by atoms with Crippen LogP contribution in [0, 0.1) is 6.92 Å². The molecule has 2 aromatic carbocycles. The standard InChI is InChI=1S/C18H23BrN2/c1-4-21(5-2)16-9-7-15(8-10-16)13-20-18-12-14(3)6-11-17(18)19/h6-12,20H,4-5,13H2,1-3H3. The van der Waals surface area contributed by atoms with E-state index in [0.29, 0.717) is 0 Å². The average molecular weight is 347 g/mol. The van der Waals surface area contributed by atoms with Crippen LogP contribution < -0.4 is 10.2 Å². The number of hydrogen-bond donors (Lipinski definition) is 1. The molecule has 2 rings (SSSR count). The van der Waals surface area contributed by atoms with Gasteiger partial charge in [-0.05, 0) is 72.1 Å². The minimum absolute atomic E-state index is 0.834. The first kappa shape index (κ1) is 15.9. The molecule has 1 N–H and O–H groups in total. The van der Waals surface area contributed by atoms with Crippen LogP contribution in [0.1, 0.15) is 25.0 Å². The largest absolute Gasteiger partial charge is 0.380 e. The molecule has 2 nitrogen and oxygen atoms in total. The van der Waals surface area contributed by atoms with Gasteiger partial charge in [-0.1, -0.05) is 18.2 Å². The Bertz CT molecular complexity index is 574. The highest BCUT2D eigenvalue weighted by Crippen LogP contribution is 2.24. The molecule has 0 spiro atoms. The van der Waals surface area contributed by atoms with Crippen molar-refractivity contribution in [2.24, 2.45) is 0 Å². The number of nitrogens with zero attached hydrogens (tertiary/aromatic N) is 1. The van der Waals surface area contributed by atoms with Crippen molar-refractivity contribution in [3.63, 3.8) is 0 Å². The molecule has 0 radical (unpaired) electrons. The Balaban J connectivity index is 2.02. The predicted octanol–water partition coefficient (Wildman–Crippen LogP) is 5.22. The molecule has 0 saturated carbocycles. The maximum atomic E-state index is 3.58. The van der Waals surface area contributed by atoms with Gasteiger partial charge < -0.3 is 10.2 Å². The van der Waals surface area contributed by atoms with E-state index in [1.165, 1.54) is 16.8 Å². The van der Waals surface area contributed by atoms with Gasteiger partial charge >= 0.3 is 0 Å². The molecular formula is C18H23BrN2. The Hall–Kier alpha value is -1.48. The third-order valence-electron chi connectivity index (χ3n) is 3.67. The summed E-state index contributed by atoms with van der Waals surface area (Å²) >= 11 is 3.58. The fourth-order valence-electron chi connectivity index (χ4n) is 2.39. The molecule has 0 amide bonds. The van der Waals surface area contributed by atoms with Crippen molar-refractivity contribution in [3.8, 4) is 0 Å². The van der Waals surface area contributed by atoms with Gasteiger partial charge in [0.2, 0.25) is 0 Å². The minimum atomic E-state index is 0.834. The molecule has 2 aromatic rings. The lowest BCUT2D eigenvalue weighted by Gasteiger charge is -2.21. The van der Waals surface area contributed by atoms with Gasteiger partial charge in [-0.15, -0.1) is 0 Å². The Labute approximate surface area is 136 Å². The van der Waals surface area contributed by atoms with Crippen LogP contribution in [-0.4, -0.2) is 13.1 Å². The third kappa shape index (κ3) is 4.24. The van der Waals surface area contributed by atoms with Gasteiger partial charge in [-0.25, -0.2) is 0 Å². The first-order chi connectivity index (χ1) is 10.1. The molecule has 0 heterocycles. The predicted molar refractivity (Wildman–Crippen MR) is 96.2 cm³/mol. The van der Waals surface area contributed by atoms with Crippen molar-refractivity contribution < 1.29 is 0 Å². The first-order valence-corrected chi connectivity index (χ1v) is 8.27. The molecular weight excluding hydrogens is 324 g/mol. The van der Waals surface area contributed by atoms with E-state index in [9.17, 15) is 0 Å². The fraction of sp³-hybridized carbons (Fsp3) is 0.333. The zero-order valence-electron chi connectivity index (χ0n) is 13.0. The molecule has 112 valence electrons. The van der Waals surface area contributed by atoms with Crippen molar-refractivity contribution in [1.82, 2.24) is 0 Å². The number of nitrogens with one attached hydrogen (secondary N) is 1. The number of anilines is 2. The Morgan fingerprint density at radius 1 is 1.00 bits per heavy atom. The van der Waals surface area contributed by atoms with E-state index in [4.69, 9.17) is 0 Å². The number of hydrogen-bond acceptors (Lipinski definition) is 2. The maximum absolute atomic E-state index is 3.58. The van der Waals surface area contributed by atoms with E-state index in [1.807, 2.05) is 0 Å². The maximum Gasteiger partial charge on any atom is 0.0489 e. The fourth-order valence-corrected chi connectivity index (χ4v) is 2.77. The summed E-state index contributed by atoms with van der Waals surface area (Å²) in [5.41, 5.74) is 4.99. The van der Waals surface area contributed by atoms with E-state index in [0.717, 1.165) is 29.8 Å². The molecule has 0 fully saturated rings. The number of aryl methyl sites for hydroxylation is 1. The van der Waals surface area contributed by atoms with Gasteiger partial charge in [0.1, 0.15) is 0 Å². The summed E-state index contributed by atoms with van der Waals surface area (Å²) in [6.07, 6.45) is 0. The van der Waals surface area contributed by atoms with E-state index >= 15 is 0 Å². The monoisotopic (exact) mass is 346 g/mol. The van der Waals surface area contributed by atoms with Gasteiger partial charge in [-0.3, -0.25) is 0 Å². The number of halogens is 1. The average Bonchev–Trinajstić information content (AvgIpc) is 2.51. The van der Waals surface area contributed by atoms with Crippen molar-refractivity contribution in [2.75, 3.05) is 23.3 Å². The summed E-state index contributed by atoms with van der Waals surface area (Å²) in [5.74, 6) is 0. The lowest BCUT2D eigenvalue weighted by atomic mass is 10.1. The molecule has 0 bridgehead atoms. The number of benzene rings is 2. The molecule has 0 aliphatic heterocycles. The van der Waals surface area contributed by atoms with Crippen LogP contribution in [-0.2, 0) is 6.54 Å². The van der Waals surface area contributed by atoms with Crippen LogP contribution in [0.4, 0.5) is 11.4 Å². The van der Waals surface area contributed by atoms with Crippen molar-refractivity contribution in [2.45, 2.75) is 27.3 Å². The smallest absolute Gasteiger partial charge is 0.0489 e. The Morgan fingerprint density at radius 3 is 2.29 bits per heavy atom. The molecule has 0 unspecified atom stereocenters.